The smallest absolute Gasteiger partial charge is 0.234 e. The van der Waals surface area contributed by atoms with Crippen LogP contribution in [0.3, 0.4) is 0 Å². The quantitative estimate of drug-likeness (QED) is 0.189. The fourth-order valence-electron chi connectivity index (χ4n) is 10.7. The summed E-state index contributed by atoms with van der Waals surface area (Å²) < 4.78 is 0. The van der Waals surface area contributed by atoms with Gasteiger partial charge >= 0.3 is 0 Å². The Balaban J connectivity index is 0.768. The van der Waals surface area contributed by atoms with E-state index in [1.165, 1.54) is 85.4 Å². The summed E-state index contributed by atoms with van der Waals surface area (Å²) in [5.41, 5.74) is 9.45. The van der Waals surface area contributed by atoms with E-state index in [1.54, 1.807) is 0 Å². The van der Waals surface area contributed by atoms with Crippen molar-refractivity contribution in [3.63, 3.8) is 0 Å². The summed E-state index contributed by atoms with van der Waals surface area (Å²) >= 11 is 0. The Bertz CT molecular complexity index is 1950. The molecule has 2 amide bonds. The van der Waals surface area contributed by atoms with Gasteiger partial charge in [-0.05, 0) is 139 Å². The van der Waals surface area contributed by atoms with Crippen molar-refractivity contribution in [1.29, 1.82) is 0 Å². The van der Waals surface area contributed by atoms with Crippen molar-refractivity contribution in [3.05, 3.63) is 125 Å². The predicted molar refractivity (Wildman–Crippen MR) is 215 cm³/mol. The molecule has 0 radical (unpaired) electrons. The Morgan fingerprint density at radius 1 is 0.667 bits per heavy atom. The lowest BCUT2D eigenvalue weighted by atomic mass is 9.69. The molecule has 0 bridgehead atoms. The van der Waals surface area contributed by atoms with Crippen LogP contribution in [0.25, 0.3) is 0 Å². The molecule has 280 valence electrons. The molecule has 7 heteroatoms. The first kappa shape index (κ1) is 35.1. The van der Waals surface area contributed by atoms with Gasteiger partial charge in [-0.25, -0.2) is 0 Å². The molecule has 2 N–H and O–H groups in total. The van der Waals surface area contributed by atoms with Crippen LogP contribution in [-0.4, -0.2) is 67.6 Å². The summed E-state index contributed by atoms with van der Waals surface area (Å²) in [5, 5.41) is 12.7. The number of phenolic OH excluding ortho intramolecular Hbond substituents is 1. The molecule has 54 heavy (non-hydrogen) atoms. The maximum Gasteiger partial charge on any atom is 0.234 e. The van der Waals surface area contributed by atoms with Crippen molar-refractivity contribution < 1.29 is 14.7 Å². The van der Waals surface area contributed by atoms with E-state index in [0.29, 0.717) is 29.9 Å². The van der Waals surface area contributed by atoms with Crippen LogP contribution in [0.15, 0.2) is 97.1 Å². The molecule has 5 aliphatic rings. The molecule has 9 rings (SSSR count). The summed E-state index contributed by atoms with van der Waals surface area (Å²) in [5.74, 6) is 1.29. The molecule has 4 fully saturated rings. The average Bonchev–Trinajstić information content (AvgIpc) is 3.59. The zero-order valence-corrected chi connectivity index (χ0v) is 31.5. The summed E-state index contributed by atoms with van der Waals surface area (Å²) in [6.45, 7) is 8.13. The van der Waals surface area contributed by atoms with Crippen LogP contribution in [0.4, 0.5) is 11.4 Å². The van der Waals surface area contributed by atoms with Gasteiger partial charge in [0.2, 0.25) is 11.8 Å². The molecular formula is C47H54N4O3. The van der Waals surface area contributed by atoms with Gasteiger partial charge in [0, 0.05) is 63.0 Å². The van der Waals surface area contributed by atoms with E-state index >= 15 is 0 Å². The Morgan fingerprint density at radius 2 is 1.33 bits per heavy atom. The number of rotatable bonds is 7. The molecule has 4 aromatic carbocycles. The second kappa shape index (κ2) is 14.9. The van der Waals surface area contributed by atoms with Gasteiger partial charge in [-0.2, -0.15) is 0 Å². The van der Waals surface area contributed by atoms with Crippen molar-refractivity contribution in [3.8, 4) is 5.75 Å². The van der Waals surface area contributed by atoms with Crippen molar-refractivity contribution in [1.82, 2.24) is 10.2 Å². The molecule has 4 aromatic rings. The monoisotopic (exact) mass is 722 g/mol. The number of aromatic hydroxyl groups is 1. The lowest BCUT2D eigenvalue weighted by Gasteiger charge is -2.41. The molecule has 7 nitrogen and oxygen atoms in total. The van der Waals surface area contributed by atoms with Gasteiger partial charge in [-0.15, -0.1) is 0 Å². The Morgan fingerprint density at radius 3 is 2.04 bits per heavy atom. The van der Waals surface area contributed by atoms with E-state index in [4.69, 9.17) is 0 Å². The van der Waals surface area contributed by atoms with Crippen molar-refractivity contribution in [2.24, 2.45) is 11.3 Å². The fraction of sp³-hybridized carbons (Fsp3) is 0.447. The van der Waals surface area contributed by atoms with Crippen LogP contribution in [0, 0.1) is 11.3 Å². The molecular weight excluding hydrogens is 669 g/mol. The number of hydrogen-bond donors (Lipinski definition) is 2. The number of fused-ring (bicyclic) bond motifs is 1. The van der Waals surface area contributed by atoms with Gasteiger partial charge in [0.15, 0.2) is 0 Å². The summed E-state index contributed by atoms with van der Waals surface area (Å²) in [6.07, 6.45) is 9.41. The number of phenols is 1. The minimum absolute atomic E-state index is 0.160. The Kier molecular flexibility index (Phi) is 9.69. The predicted octanol–water partition coefficient (Wildman–Crippen LogP) is 7.98. The minimum Gasteiger partial charge on any atom is -0.508 e. The average molecular weight is 723 g/mol. The number of carbonyl (C=O) groups excluding carboxylic acids is 2. The number of carbonyl (C=O) groups is 2. The van der Waals surface area contributed by atoms with E-state index in [0.717, 1.165) is 50.5 Å². The molecule has 1 spiro atoms. The largest absolute Gasteiger partial charge is 0.508 e. The van der Waals surface area contributed by atoms with Gasteiger partial charge < -0.3 is 19.8 Å². The number of nitrogens with one attached hydrogen (secondary N) is 1. The Hall–Kier alpha value is -4.62. The number of hydrogen-bond acceptors (Lipinski definition) is 6. The Labute approximate surface area is 320 Å². The van der Waals surface area contributed by atoms with Crippen molar-refractivity contribution in [2.75, 3.05) is 55.6 Å². The molecule has 0 saturated carbocycles. The third-order valence-electron chi connectivity index (χ3n) is 13.8. The van der Waals surface area contributed by atoms with E-state index in [9.17, 15) is 14.7 Å². The van der Waals surface area contributed by atoms with Crippen LogP contribution in [0.2, 0.25) is 0 Å². The van der Waals surface area contributed by atoms with Gasteiger partial charge in [0.1, 0.15) is 5.75 Å². The molecule has 3 atom stereocenters. The highest BCUT2D eigenvalue weighted by Crippen LogP contribution is 2.47. The van der Waals surface area contributed by atoms with Gasteiger partial charge in [0.05, 0.1) is 5.92 Å². The van der Waals surface area contributed by atoms with Gasteiger partial charge in [0.25, 0.3) is 0 Å². The zero-order chi connectivity index (χ0) is 36.6. The highest BCUT2D eigenvalue weighted by Gasteiger charge is 2.41. The number of aryl methyl sites for hydroxylation is 1. The number of benzene rings is 4. The number of anilines is 2. The summed E-state index contributed by atoms with van der Waals surface area (Å²) in [7, 11) is 0. The second-order valence-corrected chi connectivity index (χ2v) is 17.0. The third kappa shape index (κ3) is 7.15. The molecule has 1 aliphatic carbocycles. The topological polar surface area (TPSA) is 76.1 Å². The number of nitrogens with zero attached hydrogens (tertiary/aromatic N) is 3. The lowest BCUT2D eigenvalue weighted by molar-refractivity contribution is -0.134. The first-order valence-corrected chi connectivity index (χ1v) is 20.5. The van der Waals surface area contributed by atoms with Crippen LogP contribution in [0.1, 0.15) is 96.9 Å². The SMILES string of the molecule is O=C1CCC(c2ccc(N3CCC4(CCN(CC5CCN(c6ccc([C@@H]7c8ccc(O)cc8CC[C@@H]7c7ccccc7)cc6)CC5)C4)CC3)cc2)C(=O)N1. The van der Waals surface area contributed by atoms with Crippen molar-refractivity contribution >= 4 is 23.2 Å². The normalized spacial score (nSPS) is 24.8. The highest BCUT2D eigenvalue weighted by molar-refractivity contribution is 6.00. The first-order chi connectivity index (χ1) is 26.4. The van der Waals surface area contributed by atoms with Crippen LogP contribution >= 0.6 is 0 Å². The molecule has 4 saturated heterocycles. The third-order valence-corrected chi connectivity index (χ3v) is 13.8. The number of amides is 2. The second-order valence-electron chi connectivity index (χ2n) is 17.0. The van der Waals surface area contributed by atoms with Crippen molar-refractivity contribution in [2.45, 2.75) is 75.5 Å². The molecule has 4 aliphatic heterocycles. The fourth-order valence-corrected chi connectivity index (χ4v) is 10.7. The minimum atomic E-state index is -0.221. The van der Waals surface area contributed by atoms with Crippen LogP contribution in [-0.2, 0) is 16.0 Å². The van der Waals surface area contributed by atoms with Crippen LogP contribution < -0.4 is 15.1 Å². The maximum atomic E-state index is 12.3. The van der Waals surface area contributed by atoms with Gasteiger partial charge in [-0.3, -0.25) is 14.9 Å². The highest BCUT2D eigenvalue weighted by atomic mass is 16.3. The lowest BCUT2D eigenvalue weighted by Crippen LogP contribution is -2.43. The molecule has 0 aromatic heterocycles. The summed E-state index contributed by atoms with van der Waals surface area (Å²) in [4.78, 5) is 31.8. The van der Waals surface area contributed by atoms with E-state index in [1.807, 2.05) is 12.1 Å². The zero-order valence-electron chi connectivity index (χ0n) is 31.5. The number of imide groups is 1. The molecule has 1 unspecified atom stereocenters. The number of piperidine rings is 3. The maximum absolute atomic E-state index is 12.3. The first-order valence-electron chi connectivity index (χ1n) is 20.5. The van der Waals surface area contributed by atoms with Gasteiger partial charge in [-0.1, -0.05) is 60.7 Å². The molecule has 4 heterocycles. The standard InChI is InChI=1S/C47H54N4O3/c52-40-15-17-42-37(30-40)10-16-41(34-4-2-1-3-5-34)45(42)36-8-13-38(14-9-36)50-25-20-33(21-26-50)31-49-27-22-47(32-49)23-28-51(29-24-47)39-11-6-35(7-12-39)43-18-19-44(53)48-46(43)54/h1-9,11-15,17,30,33,41,43,45,52H,10,16,18-29,31-32H2,(H,48,53,54)/t41-,43?,45+/m1/s1. The van der Waals surface area contributed by atoms with E-state index < -0.39 is 0 Å². The van der Waals surface area contributed by atoms with E-state index in [-0.39, 0.29) is 23.7 Å². The van der Waals surface area contributed by atoms with E-state index in [2.05, 4.69) is 105 Å². The van der Waals surface area contributed by atoms with Crippen LogP contribution in [0.5, 0.6) is 5.75 Å². The number of likely N-dealkylation sites (tertiary alicyclic amines) is 1. The summed E-state index contributed by atoms with van der Waals surface area (Å²) in [6, 6.07) is 34.9.